The third-order valence-electron chi connectivity index (χ3n) is 3.04. The van der Waals surface area contributed by atoms with Crippen molar-refractivity contribution in [3.8, 4) is 0 Å². The number of Topliss-reactive ketones (excluding diaryl/α,β-unsaturated/α-hetero) is 1. The molecule has 1 aliphatic rings. The van der Waals surface area contributed by atoms with Gasteiger partial charge in [-0.25, -0.2) is 8.78 Å². The van der Waals surface area contributed by atoms with Gasteiger partial charge in [-0.3, -0.25) is 19.3 Å². The number of hydrogen-bond donors (Lipinski definition) is 2. The number of amides is 2. The van der Waals surface area contributed by atoms with E-state index in [1.807, 2.05) is 0 Å². The number of ketones is 1. The lowest BCUT2D eigenvalue weighted by molar-refractivity contribution is -0.137. The zero-order chi connectivity index (χ0) is 16.4. The molecule has 0 saturated heterocycles. The van der Waals surface area contributed by atoms with Crippen molar-refractivity contribution in [1.29, 1.82) is 0 Å². The van der Waals surface area contributed by atoms with Crippen molar-refractivity contribution in [2.45, 2.75) is 6.92 Å². The van der Waals surface area contributed by atoms with E-state index in [1.165, 1.54) is 0 Å². The van der Waals surface area contributed by atoms with Gasteiger partial charge in [-0.1, -0.05) is 0 Å². The van der Waals surface area contributed by atoms with Gasteiger partial charge >= 0.3 is 0 Å². The van der Waals surface area contributed by atoms with Crippen LogP contribution >= 0.6 is 0 Å². The zero-order valence-corrected chi connectivity index (χ0v) is 11.5. The number of anilines is 1. The van der Waals surface area contributed by atoms with E-state index in [0.717, 1.165) is 30.0 Å². The Hall–Kier alpha value is -2.61. The van der Waals surface area contributed by atoms with Crippen LogP contribution in [0.25, 0.3) is 0 Å². The zero-order valence-electron chi connectivity index (χ0n) is 11.5. The second-order valence-corrected chi connectivity index (χ2v) is 4.57. The average Bonchev–Trinajstić information content (AvgIpc) is 2.70. The maximum atomic E-state index is 13.9. The molecule has 0 bridgehead atoms. The van der Waals surface area contributed by atoms with Gasteiger partial charge in [-0.05, 0) is 19.1 Å². The molecule has 2 rings (SSSR count). The summed E-state index contributed by atoms with van der Waals surface area (Å²) in [6, 6.07) is 1.67. The highest BCUT2D eigenvalue weighted by molar-refractivity contribution is 6.17. The summed E-state index contributed by atoms with van der Waals surface area (Å²) in [5.74, 6) is -4.13. The summed E-state index contributed by atoms with van der Waals surface area (Å²) in [6.45, 7) is 0.526. The molecule has 1 aliphatic heterocycles. The van der Waals surface area contributed by atoms with Gasteiger partial charge in [-0.2, -0.15) is 0 Å². The number of rotatable bonds is 5. The Labute approximate surface area is 124 Å². The average molecular weight is 310 g/mol. The molecule has 0 saturated carbocycles. The monoisotopic (exact) mass is 310 g/mol. The Morgan fingerprint density at radius 1 is 1.27 bits per heavy atom. The van der Waals surface area contributed by atoms with Crippen LogP contribution in [0.3, 0.4) is 0 Å². The Morgan fingerprint density at radius 2 is 1.86 bits per heavy atom. The molecule has 2 N–H and O–H groups in total. The fourth-order valence-electron chi connectivity index (χ4n) is 1.94. The predicted octanol–water partition coefficient (Wildman–Crippen LogP) is 0.824. The number of aliphatic hydroxyl groups excluding tert-OH is 1. The van der Waals surface area contributed by atoms with E-state index in [4.69, 9.17) is 5.11 Å². The molecule has 1 aromatic rings. The summed E-state index contributed by atoms with van der Waals surface area (Å²) in [5.41, 5.74) is -1.10. The number of benzene rings is 1. The maximum absolute atomic E-state index is 13.9. The molecule has 0 atom stereocenters. The Kier molecular flexibility index (Phi) is 4.32. The molecule has 0 aliphatic carbocycles. The number of hydrogen-bond acceptors (Lipinski definition) is 5. The van der Waals surface area contributed by atoms with Crippen molar-refractivity contribution in [2.75, 3.05) is 18.5 Å². The SMILES string of the molecule is CC(=O)c1cc(F)c(NC2=CC(=O)N(CCO)C2=O)c(F)c1. The second-order valence-electron chi connectivity index (χ2n) is 4.57. The maximum Gasteiger partial charge on any atom is 0.277 e. The molecule has 116 valence electrons. The Balaban J connectivity index is 2.29. The summed E-state index contributed by atoms with van der Waals surface area (Å²) in [7, 11) is 0. The smallest absolute Gasteiger partial charge is 0.277 e. The number of aliphatic hydroxyl groups is 1. The number of imide groups is 1. The highest BCUT2D eigenvalue weighted by Crippen LogP contribution is 2.24. The van der Waals surface area contributed by atoms with Crippen LogP contribution in [0.5, 0.6) is 0 Å². The molecule has 6 nitrogen and oxygen atoms in total. The molecule has 0 radical (unpaired) electrons. The second kappa shape index (κ2) is 6.02. The molecule has 0 spiro atoms. The number of halogens is 2. The quantitative estimate of drug-likeness (QED) is 0.621. The number of β-amino-alcohol motifs (C(OH)–C–C–N with tert-alkyl or cyclic N) is 1. The van der Waals surface area contributed by atoms with E-state index in [-0.39, 0.29) is 17.8 Å². The third-order valence-corrected chi connectivity index (χ3v) is 3.04. The van der Waals surface area contributed by atoms with Crippen LogP contribution in [0.15, 0.2) is 23.9 Å². The summed E-state index contributed by atoms with van der Waals surface area (Å²) in [5, 5.41) is 11.0. The van der Waals surface area contributed by atoms with Crippen molar-refractivity contribution in [1.82, 2.24) is 4.90 Å². The largest absolute Gasteiger partial charge is 0.395 e. The molecular formula is C14H12F2N2O4. The van der Waals surface area contributed by atoms with Gasteiger partial charge in [0.15, 0.2) is 5.78 Å². The van der Waals surface area contributed by atoms with Crippen molar-refractivity contribution >= 4 is 23.3 Å². The lowest BCUT2D eigenvalue weighted by atomic mass is 10.1. The van der Waals surface area contributed by atoms with Gasteiger partial charge in [0.25, 0.3) is 11.8 Å². The summed E-state index contributed by atoms with van der Waals surface area (Å²) in [4.78, 5) is 35.3. The van der Waals surface area contributed by atoms with Crippen LogP contribution in [-0.2, 0) is 9.59 Å². The van der Waals surface area contributed by atoms with Crippen LogP contribution < -0.4 is 5.32 Å². The number of carbonyl (C=O) groups excluding carboxylic acids is 3. The lowest BCUT2D eigenvalue weighted by Gasteiger charge is -2.14. The standard InChI is InChI=1S/C14H12F2N2O4/c1-7(20)8-4-9(15)13(10(16)5-8)17-11-6-12(21)18(2-3-19)14(11)22/h4-6,17,19H,2-3H2,1H3. The first kappa shape index (κ1) is 15.8. The molecule has 0 fully saturated rings. The van der Waals surface area contributed by atoms with Gasteiger partial charge in [-0.15, -0.1) is 0 Å². The van der Waals surface area contributed by atoms with E-state index >= 15 is 0 Å². The first-order valence-electron chi connectivity index (χ1n) is 6.30. The first-order chi connectivity index (χ1) is 10.3. The molecule has 1 heterocycles. The van der Waals surface area contributed by atoms with E-state index in [0.29, 0.717) is 0 Å². The minimum absolute atomic E-state index is 0.148. The molecule has 2 amide bonds. The normalized spacial score (nSPS) is 14.4. The molecule has 0 aromatic heterocycles. The number of nitrogens with zero attached hydrogens (tertiary/aromatic N) is 1. The van der Waals surface area contributed by atoms with E-state index in [1.54, 1.807) is 0 Å². The third kappa shape index (κ3) is 2.86. The van der Waals surface area contributed by atoms with E-state index < -0.39 is 41.5 Å². The number of nitrogens with one attached hydrogen (secondary N) is 1. The fourth-order valence-corrected chi connectivity index (χ4v) is 1.94. The number of carbonyl (C=O) groups is 3. The van der Waals surface area contributed by atoms with Crippen LogP contribution in [0.2, 0.25) is 0 Å². The topological polar surface area (TPSA) is 86.7 Å². The molecule has 0 unspecified atom stereocenters. The summed E-state index contributed by atoms with van der Waals surface area (Å²) < 4.78 is 27.7. The van der Waals surface area contributed by atoms with E-state index in [9.17, 15) is 23.2 Å². The fraction of sp³-hybridized carbons (Fsp3) is 0.214. The molecule has 8 heteroatoms. The van der Waals surface area contributed by atoms with Crippen molar-refractivity contribution in [3.63, 3.8) is 0 Å². The van der Waals surface area contributed by atoms with E-state index in [2.05, 4.69) is 5.32 Å². The van der Waals surface area contributed by atoms with Crippen LogP contribution in [0.1, 0.15) is 17.3 Å². The molecular weight excluding hydrogens is 298 g/mol. The lowest BCUT2D eigenvalue weighted by Crippen LogP contribution is -2.34. The molecule has 1 aromatic carbocycles. The summed E-state index contributed by atoms with van der Waals surface area (Å²) >= 11 is 0. The van der Waals surface area contributed by atoms with Gasteiger partial charge in [0, 0.05) is 11.6 Å². The Bertz CT molecular complexity index is 677. The first-order valence-corrected chi connectivity index (χ1v) is 6.30. The minimum Gasteiger partial charge on any atom is -0.395 e. The van der Waals surface area contributed by atoms with Crippen LogP contribution in [-0.4, -0.2) is 40.8 Å². The predicted molar refractivity (Wildman–Crippen MR) is 71.9 cm³/mol. The van der Waals surface area contributed by atoms with Crippen molar-refractivity contribution in [2.24, 2.45) is 0 Å². The van der Waals surface area contributed by atoms with Crippen molar-refractivity contribution in [3.05, 3.63) is 41.1 Å². The Morgan fingerprint density at radius 3 is 2.36 bits per heavy atom. The van der Waals surface area contributed by atoms with Crippen molar-refractivity contribution < 1.29 is 28.3 Å². The highest BCUT2D eigenvalue weighted by atomic mass is 19.1. The highest BCUT2D eigenvalue weighted by Gasteiger charge is 2.31. The van der Waals surface area contributed by atoms with Gasteiger partial charge < -0.3 is 10.4 Å². The summed E-state index contributed by atoms with van der Waals surface area (Å²) in [6.07, 6.45) is 0.885. The van der Waals surface area contributed by atoms with Gasteiger partial charge in [0.05, 0.1) is 13.2 Å². The minimum atomic E-state index is -1.06. The van der Waals surface area contributed by atoms with Gasteiger partial charge in [0.1, 0.15) is 23.0 Å². The van der Waals surface area contributed by atoms with Crippen LogP contribution in [0, 0.1) is 11.6 Å². The van der Waals surface area contributed by atoms with Crippen LogP contribution in [0.4, 0.5) is 14.5 Å². The molecule has 22 heavy (non-hydrogen) atoms. The van der Waals surface area contributed by atoms with Gasteiger partial charge in [0.2, 0.25) is 0 Å².